The van der Waals surface area contributed by atoms with Gasteiger partial charge >= 0.3 is 0 Å². The van der Waals surface area contributed by atoms with E-state index in [-0.39, 0.29) is 24.3 Å². The second kappa shape index (κ2) is 8.15. The number of nitrogens with one attached hydrogen (secondary N) is 2. The number of nitrogens with two attached hydrogens (primary N) is 1. The summed E-state index contributed by atoms with van der Waals surface area (Å²) in [4.78, 5) is 23.1. The van der Waals surface area contributed by atoms with E-state index in [1.54, 1.807) is 0 Å². The normalized spacial score (nSPS) is 17.5. The number of carbonyl (C=O) groups excluding carboxylic acids is 2. The molecule has 0 radical (unpaired) electrons. The minimum absolute atomic E-state index is 0.0178. The molecule has 0 saturated heterocycles. The van der Waals surface area contributed by atoms with Crippen molar-refractivity contribution in [3.63, 3.8) is 0 Å². The van der Waals surface area contributed by atoms with Gasteiger partial charge in [-0.3, -0.25) is 9.59 Å². The standard InChI is InChI=1S/C14H27N3O2/c1-10(2)13(15)14(19)17-9-12(18)16-8-7-11-5-3-4-6-11/h10-11,13H,3-9,15H2,1-2H3,(H,16,18)(H,17,19)/t13-/m0/s1. The molecule has 0 aromatic rings. The summed E-state index contributed by atoms with van der Waals surface area (Å²) in [7, 11) is 0. The molecule has 1 aliphatic rings. The molecule has 0 aromatic heterocycles. The maximum Gasteiger partial charge on any atom is 0.239 e. The zero-order valence-electron chi connectivity index (χ0n) is 12.1. The van der Waals surface area contributed by atoms with Gasteiger partial charge in [-0.2, -0.15) is 0 Å². The molecule has 1 saturated carbocycles. The predicted molar refractivity (Wildman–Crippen MR) is 75.4 cm³/mol. The Kier molecular flexibility index (Phi) is 6.84. The molecular weight excluding hydrogens is 242 g/mol. The van der Waals surface area contributed by atoms with Gasteiger partial charge in [0.05, 0.1) is 12.6 Å². The van der Waals surface area contributed by atoms with Crippen LogP contribution in [0.4, 0.5) is 0 Å². The van der Waals surface area contributed by atoms with Crippen LogP contribution in [-0.4, -0.2) is 30.9 Å². The van der Waals surface area contributed by atoms with Gasteiger partial charge < -0.3 is 16.4 Å². The first-order chi connectivity index (χ1) is 9.00. The van der Waals surface area contributed by atoms with Crippen molar-refractivity contribution in [2.24, 2.45) is 17.6 Å². The minimum atomic E-state index is -0.550. The van der Waals surface area contributed by atoms with Gasteiger partial charge in [0.1, 0.15) is 0 Å². The molecule has 0 spiro atoms. The van der Waals surface area contributed by atoms with Crippen LogP contribution in [0.2, 0.25) is 0 Å². The fraction of sp³-hybridized carbons (Fsp3) is 0.857. The Bertz CT molecular complexity index is 299. The van der Waals surface area contributed by atoms with E-state index in [1.165, 1.54) is 25.7 Å². The van der Waals surface area contributed by atoms with Crippen molar-refractivity contribution in [2.75, 3.05) is 13.1 Å². The number of amides is 2. The fourth-order valence-electron chi connectivity index (χ4n) is 2.37. The first kappa shape index (κ1) is 16.0. The molecule has 2 amide bonds. The van der Waals surface area contributed by atoms with Crippen molar-refractivity contribution in [3.05, 3.63) is 0 Å². The third-order valence-electron chi connectivity index (χ3n) is 3.79. The van der Waals surface area contributed by atoms with Crippen molar-refractivity contribution in [3.8, 4) is 0 Å². The Hall–Kier alpha value is -1.10. The van der Waals surface area contributed by atoms with Crippen LogP contribution in [-0.2, 0) is 9.59 Å². The van der Waals surface area contributed by atoms with Crippen LogP contribution in [0.15, 0.2) is 0 Å². The van der Waals surface area contributed by atoms with Gasteiger partial charge in [0, 0.05) is 6.54 Å². The quantitative estimate of drug-likeness (QED) is 0.638. The molecule has 1 fully saturated rings. The molecule has 0 unspecified atom stereocenters. The first-order valence-electron chi connectivity index (χ1n) is 7.30. The van der Waals surface area contributed by atoms with E-state index in [0.717, 1.165) is 12.3 Å². The first-order valence-corrected chi connectivity index (χ1v) is 7.30. The molecule has 0 aliphatic heterocycles. The summed E-state index contributed by atoms with van der Waals surface area (Å²) in [5.41, 5.74) is 5.69. The Morgan fingerprint density at radius 3 is 2.42 bits per heavy atom. The van der Waals surface area contributed by atoms with E-state index < -0.39 is 6.04 Å². The van der Waals surface area contributed by atoms with E-state index >= 15 is 0 Å². The number of hydrogen-bond acceptors (Lipinski definition) is 3. The average molecular weight is 269 g/mol. The van der Waals surface area contributed by atoms with Crippen LogP contribution in [0.3, 0.4) is 0 Å². The van der Waals surface area contributed by atoms with E-state index in [0.29, 0.717) is 6.54 Å². The summed E-state index contributed by atoms with van der Waals surface area (Å²) >= 11 is 0. The molecular formula is C14H27N3O2. The van der Waals surface area contributed by atoms with Crippen LogP contribution >= 0.6 is 0 Å². The maximum atomic E-state index is 11.6. The summed E-state index contributed by atoms with van der Waals surface area (Å²) in [5, 5.41) is 5.40. The lowest BCUT2D eigenvalue weighted by Crippen LogP contribution is -2.47. The highest BCUT2D eigenvalue weighted by Gasteiger charge is 2.18. The van der Waals surface area contributed by atoms with E-state index in [2.05, 4.69) is 10.6 Å². The topological polar surface area (TPSA) is 84.2 Å². The van der Waals surface area contributed by atoms with Gasteiger partial charge in [-0.25, -0.2) is 0 Å². The number of rotatable bonds is 7. The molecule has 110 valence electrons. The largest absolute Gasteiger partial charge is 0.355 e. The smallest absolute Gasteiger partial charge is 0.239 e. The molecule has 1 atom stereocenters. The van der Waals surface area contributed by atoms with Crippen LogP contribution in [0.5, 0.6) is 0 Å². The van der Waals surface area contributed by atoms with Crippen molar-refractivity contribution in [2.45, 2.75) is 52.0 Å². The molecule has 4 N–H and O–H groups in total. The van der Waals surface area contributed by atoms with Crippen LogP contribution in [0.1, 0.15) is 46.0 Å². The highest BCUT2D eigenvalue weighted by molar-refractivity contribution is 5.87. The zero-order chi connectivity index (χ0) is 14.3. The van der Waals surface area contributed by atoms with Crippen LogP contribution < -0.4 is 16.4 Å². The molecule has 1 rings (SSSR count). The van der Waals surface area contributed by atoms with Gasteiger partial charge in [-0.15, -0.1) is 0 Å². The Morgan fingerprint density at radius 1 is 1.21 bits per heavy atom. The Labute approximate surface area is 115 Å². The third kappa shape index (κ3) is 6.05. The van der Waals surface area contributed by atoms with Gasteiger partial charge in [-0.05, 0) is 18.3 Å². The minimum Gasteiger partial charge on any atom is -0.355 e. The number of carbonyl (C=O) groups is 2. The maximum absolute atomic E-state index is 11.6. The summed E-state index contributed by atoms with van der Waals surface area (Å²) < 4.78 is 0. The van der Waals surface area contributed by atoms with Gasteiger partial charge in [0.2, 0.25) is 11.8 Å². The Morgan fingerprint density at radius 2 is 1.84 bits per heavy atom. The summed E-state index contributed by atoms with van der Waals surface area (Å²) in [6.45, 7) is 4.48. The Balaban J connectivity index is 2.08. The highest BCUT2D eigenvalue weighted by atomic mass is 16.2. The van der Waals surface area contributed by atoms with Gasteiger partial charge in [-0.1, -0.05) is 39.5 Å². The molecule has 5 nitrogen and oxygen atoms in total. The van der Waals surface area contributed by atoms with E-state index in [9.17, 15) is 9.59 Å². The van der Waals surface area contributed by atoms with Gasteiger partial charge in [0.15, 0.2) is 0 Å². The summed E-state index contributed by atoms with van der Waals surface area (Å²) in [6.07, 6.45) is 6.26. The summed E-state index contributed by atoms with van der Waals surface area (Å²) in [5.74, 6) is 0.443. The predicted octanol–water partition coefficient (Wildman–Crippen LogP) is 0.782. The lowest BCUT2D eigenvalue weighted by molar-refractivity contribution is -0.127. The second-order valence-corrected chi connectivity index (χ2v) is 5.78. The van der Waals surface area contributed by atoms with Crippen molar-refractivity contribution >= 4 is 11.8 Å². The SMILES string of the molecule is CC(C)[C@H](N)C(=O)NCC(=O)NCCC1CCCC1. The molecule has 0 heterocycles. The zero-order valence-corrected chi connectivity index (χ0v) is 12.1. The molecule has 1 aliphatic carbocycles. The van der Waals surface area contributed by atoms with Crippen molar-refractivity contribution in [1.82, 2.24) is 10.6 Å². The molecule has 0 aromatic carbocycles. The van der Waals surface area contributed by atoms with Gasteiger partial charge in [0.25, 0.3) is 0 Å². The molecule has 0 bridgehead atoms. The fourth-order valence-corrected chi connectivity index (χ4v) is 2.37. The highest BCUT2D eigenvalue weighted by Crippen LogP contribution is 2.26. The van der Waals surface area contributed by atoms with Crippen LogP contribution in [0, 0.1) is 11.8 Å². The van der Waals surface area contributed by atoms with Crippen molar-refractivity contribution in [1.29, 1.82) is 0 Å². The number of hydrogen-bond donors (Lipinski definition) is 3. The molecule has 5 heteroatoms. The average Bonchev–Trinajstić information content (AvgIpc) is 2.88. The van der Waals surface area contributed by atoms with Crippen LogP contribution in [0.25, 0.3) is 0 Å². The third-order valence-corrected chi connectivity index (χ3v) is 3.79. The lowest BCUT2D eigenvalue weighted by Gasteiger charge is -2.15. The van der Waals surface area contributed by atoms with E-state index in [1.807, 2.05) is 13.8 Å². The second-order valence-electron chi connectivity index (χ2n) is 5.78. The van der Waals surface area contributed by atoms with E-state index in [4.69, 9.17) is 5.73 Å². The summed E-state index contributed by atoms with van der Waals surface area (Å²) in [6, 6.07) is -0.550. The lowest BCUT2D eigenvalue weighted by atomic mass is 10.0. The van der Waals surface area contributed by atoms with Crippen molar-refractivity contribution < 1.29 is 9.59 Å². The monoisotopic (exact) mass is 269 g/mol. The molecule has 19 heavy (non-hydrogen) atoms.